The summed E-state index contributed by atoms with van der Waals surface area (Å²) in [7, 11) is 0. The Morgan fingerprint density at radius 2 is 1.70 bits per heavy atom. The maximum absolute atomic E-state index is 12.9. The molecule has 8 heteroatoms. The van der Waals surface area contributed by atoms with E-state index in [-0.39, 0.29) is 18.4 Å². The van der Waals surface area contributed by atoms with Gasteiger partial charge in [-0.25, -0.2) is 4.79 Å². The lowest BCUT2D eigenvalue weighted by molar-refractivity contribution is 0.0610. The van der Waals surface area contributed by atoms with E-state index in [1.165, 1.54) is 4.90 Å². The maximum Gasteiger partial charge on any atom is 0.404 e. The van der Waals surface area contributed by atoms with Crippen LogP contribution in [0.3, 0.4) is 0 Å². The van der Waals surface area contributed by atoms with Gasteiger partial charge in [0.25, 0.3) is 11.8 Å². The van der Waals surface area contributed by atoms with E-state index < -0.39 is 6.09 Å². The third-order valence-electron chi connectivity index (χ3n) is 5.78. The van der Waals surface area contributed by atoms with Gasteiger partial charge in [-0.1, -0.05) is 19.1 Å². The number of anilines is 1. The van der Waals surface area contributed by atoms with E-state index in [0.717, 1.165) is 49.1 Å². The largest absolute Gasteiger partial charge is 0.448 e. The quantitative estimate of drug-likeness (QED) is 0.733. The van der Waals surface area contributed by atoms with E-state index in [2.05, 4.69) is 9.80 Å². The Bertz CT molecular complexity index is 976. The third-order valence-corrected chi connectivity index (χ3v) is 5.78. The van der Waals surface area contributed by atoms with E-state index in [0.29, 0.717) is 24.2 Å². The van der Waals surface area contributed by atoms with Crippen molar-refractivity contribution in [3.63, 3.8) is 0 Å². The van der Waals surface area contributed by atoms with Crippen molar-refractivity contribution in [1.82, 2.24) is 9.80 Å². The molecule has 0 aliphatic carbocycles. The predicted molar refractivity (Wildman–Crippen MR) is 114 cm³/mol. The lowest BCUT2D eigenvalue weighted by atomic mass is 9.92. The molecule has 0 radical (unpaired) electrons. The smallest absolute Gasteiger partial charge is 0.404 e. The van der Waals surface area contributed by atoms with Crippen LogP contribution in [-0.4, -0.2) is 73.6 Å². The number of hydrogen-bond acceptors (Lipinski definition) is 6. The highest BCUT2D eigenvalue weighted by Gasteiger charge is 2.33. The van der Waals surface area contributed by atoms with Gasteiger partial charge in [-0.05, 0) is 24.6 Å². The number of imide groups is 1. The number of nitrogens with two attached hydrogens (primary N) is 1. The van der Waals surface area contributed by atoms with Gasteiger partial charge in [0.2, 0.25) is 0 Å². The molecule has 158 valence electrons. The first kappa shape index (κ1) is 20.2. The monoisotopic (exact) mass is 410 g/mol. The SMILES string of the molecule is CCCN1C(=O)c2cccc3c(N4CCN(CCOC(N)=O)CC4)ccc(c23)C1=O. The highest BCUT2D eigenvalue weighted by molar-refractivity contribution is 6.26. The molecular formula is C22H26N4O4. The molecule has 1 fully saturated rings. The summed E-state index contributed by atoms with van der Waals surface area (Å²) in [5, 5.41) is 1.70. The summed E-state index contributed by atoms with van der Waals surface area (Å²) in [6.45, 7) is 6.58. The molecule has 0 aromatic heterocycles. The summed E-state index contributed by atoms with van der Waals surface area (Å²) in [6.07, 6.45) is -0.0191. The summed E-state index contributed by atoms with van der Waals surface area (Å²) in [6, 6.07) is 9.53. The minimum absolute atomic E-state index is 0.212. The van der Waals surface area contributed by atoms with Gasteiger partial charge < -0.3 is 15.4 Å². The van der Waals surface area contributed by atoms with Gasteiger partial charge in [-0.15, -0.1) is 0 Å². The highest BCUT2D eigenvalue weighted by Crippen LogP contribution is 2.36. The maximum atomic E-state index is 12.9. The Hall–Kier alpha value is -3.13. The van der Waals surface area contributed by atoms with Crippen LogP contribution in [0, 0.1) is 0 Å². The van der Waals surface area contributed by atoms with Crippen LogP contribution < -0.4 is 10.6 Å². The minimum atomic E-state index is -0.751. The molecule has 8 nitrogen and oxygen atoms in total. The summed E-state index contributed by atoms with van der Waals surface area (Å²) in [4.78, 5) is 42.4. The fraction of sp³-hybridized carbons (Fsp3) is 0.409. The van der Waals surface area contributed by atoms with Crippen molar-refractivity contribution >= 4 is 34.4 Å². The number of ether oxygens (including phenoxy) is 1. The molecule has 30 heavy (non-hydrogen) atoms. The number of piperazine rings is 1. The Balaban J connectivity index is 1.58. The van der Waals surface area contributed by atoms with E-state index in [1.54, 1.807) is 0 Å². The Labute approximate surface area is 175 Å². The van der Waals surface area contributed by atoms with Gasteiger partial charge in [-0.3, -0.25) is 19.4 Å². The van der Waals surface area contributed by atoms with Crippen molar-refractivity contribution in [3.05, 3.63) is 41.5 Å². The molecule has 2 heterocycles. The van der Waals surface area contributed by atoms with Crippen LogP contribution >= 0.6 is 0 Å². The normalized spacial score (nSPS) is 17.0. The molecule has 0 spiro atoms. The molecule has 0 unspecified atom stereocenters. The fourth-order valence-corrected chi connectivity index (χ4v) is 4.32. The van der Waals surface area contributed by atoms with Crippen molar-refractivity contribution in [2.75, 3.05) is 50.8 Å². The van der Waals surface area contributed by atoms with Crippen LogP contribution in [0.2, 0.25) is 0 Å². The number of nitrogens with zero attached hydrogens (tertiary/aromatic N) is 3. The first-order chi connectivity index (χ1) is 14.5. The molecular weight excluding hydrogens is 384 g/mol. The molecule has 0 atom stereocenters. The molecule has 2 aromatic carbocycles. The van der Waals surface area contributed by atoms with Gasteiger partial charge in [-0.2, -0.15) is 0 Å². The first-order valence-corrected chi connectivity index (χ1v) is 10.3. The summed E-state index contributed by atoms with van der Waals surface area (Å²) in [5.41, 5.74) is 7.23. The lowest BCUT2D eigenvalue weighted by Crippen LogP contribution is -2.47. The lowest BCUT2D eigenvalue weighted by Gasteiger charge is -2.37. The first-order valence-electron chi connectivity index (χ1n) is 10.3. The fourth-order valence-electron chi connectivity index (χ4n) is 4.32. The van der Waals surface area contributed by atoms with E-state index >= 15 is 0 Å². The zero-order valence-corrected chi connectivity index (χ0v) is 17.1. The third kappa shape index (κ3) is 3.59. The van der Waals surface area contributed by atoms with Gasteiger partial charge in [0.05, 0.1) is 0 Å². The number of amides is 3. The topological polar surface area (TPSA) is 96.2 Å². The van der Waals surface area contributed by atoms with Crippen LogP contribution in [0.5, 0.6) is 0 Å². The molecule has 4 rings (SSSR count). The van der Waals surface area contributed by atoms with Crippen molar-refractivity contribution in [3.8, 4) is 0 Å². The number of rotatable bonds is 6. The zero-order chi connectivity index (χ0) is 21.3. The average Bonchev–Trinajstić information content (AvgIpc) is 2.75. The minimum Gasteiger partial charge on any atom is -0.448 e. The summed E-state index contributed by atoms with van der Waals surface area (Å²) < 4.78 is 4.82. The molecule has 2 N–H and O–H groups in total. The second kappa shape index (κ2) is 8.31. The van der Waals surface area contributed by atoms with Crippen LogP contribution in [0.25, 0.3) is 10.8 Å². The van der Waals surface area contributed by atoms with Gasteiger partial charge >= 0.3 is 6.09 Å². The van der Waals surface area contributed by atoms with Crippen LogP contribution in [0.15, 0.2) is 30.3 Å². The number of benzene rings is 2. The molecule has 3 amide bonds. The Morgan fingerprint density at radius 3 is 2.37 bits per heavy atom. The summed E-state index contributed by atoms with van der Waals surface area (Å²) >= 11 is 0. The molecule has 2 aliphatic rings. The van der Waals surface area contributed by atoms with Crippen molar-refractivity contribution in [2.45, 2.75) is 13.3 Å². The summed E-state index contributed by atoms with van der Waals surface area (Å²) in [5.74, 6) is -0.423. The number of hydrogen-bond donors (Lipinski definition) is 1. The van der Waals surface area contributed by atoms with Crippen molar-refractivity contribution < 1.29 is 19.1 Å². The second-order valence-corrected chi connectivity index (χ2v) is 7.62. The molecule has 0 saturated carbocycles. The second-order valence-electron chi connectivity index (χ2n) is 7.62. The van der Waals surface area contributed by atoms with Crippen molar-refractivity contribution in [1.29, 1.82) is 0 Å². The van der Waals surface area contributed by atoms with E-state index in [4.69, 9.17) is 10.5 Å². The molecule has 2 aliphatic heterocycles. The average molecular weight is 410 g/mol. The molecule has 2 aromatic rings. The van der Waals surface area contributed by atoms with Gasteiger partial charge in [0.15, 0.2) is 0 Å². The van der Waals surface area contributed by atoms with E-state index in [1.807, 2.05) is 37.3 Å². The zero-order valence-electron chi connectivity index (χ0n) is 17.1. The van der Waals surface area contributed by atoms with Crippen LogP contribution in [0.1, 0.15) is 34.1 Å². The predicted octanol–water partition coefficient (Wildman–Crippen LogP) is 2.06. The Kier molecular flexibility index (Phi) is 5.59. The molecule has 0 bridgehead atoms. The van der Waals surface area contributed by atoms with Gasteiger partial charge in [0.1, 0.15) is 6.61 Å². The standard InChI is InChI=1S/C22H26N4O4/c1-2-8-26-20(27)16-5-3-4-15-18(7-6-17(19(15)16)21(26)28)25-11-9-24(10-12-25)13-14-30-22(23)29/h3-7H,2,8-14H2,1H3,(H2,23,29). The van der Waals surface area contributed by atoms with Crippen molar-refractivity contribution in [2.24, 2.45) is 5.73 Å². The number of carbonyl (C=O) groups excluding carboxylic acids is 3. The Morgan fingerprint density at radius 1 is 1.00 bits per heavy atom. The molecule has 1 saturated heterocycles. The number of primary amides is 1. The van der Waals surface area contributed by atoms with E-state index in [9.17, 15) is 14.4 Å². The number of carbonyl (C=O) groups is 3. The highest BCUT2D eigenvalue weighted by atomic mass is 16.5. The van der Waals surface area contributed by atoms with Gasteiger partial charge in [0, 0.05) is 66.9 Å². The van der Waals surface area contributed by atoms with Crippen LogP contribution in [0.4, 0.5) is 10.5 Å². The van der Waals surface area contributed by atoms with Crippen LogP contribution in [-0.2, 0) is 4.74 Å².